The van der Waals surface area contributed by atoms with E-state index in [4.69, 9.17) is 4.42 Å². The first-order chi connectivity index (χ1) is 13.7. The van der Waals surface area contributed by atoms with Crippen LogP contribution in [-0.4, -0.2) is 10.2 Å². The lowest BCUT2D eigenvalue weighted by molar-refractivity contribution is -0.136. The van der Waals surface area contributed by atoms with E-state index in [0.717, 1.165) is 28.2 Å². The highest BCUT2D eigenvalue weighted by Crippen LogP contribution is 2.35. The number of rotatable bonds is 3. The average molecular weight is 399 g/mol. The van der Waals surface area contributed by atoms with Gasteiger partial charge in [0.2, 0.25) is 0 Å². The molecular weight excluding hydrogens is 383 g/mol. The average Bonchev–Trinajstić information content (AvgIpc) is 2.99. The number of H-pyrrole nitrogens is 1. The molecule has 5 nitrogen and oxygen atoms in total. The molecule has 148 valence electrons. The maximum Gasteiger partial charge on any atom is 0.417 e. The summed E-state index contributed by atoms with van der Waals surface area (Å²) in [5.74, 6) is 0. The largest absolute Gasteiger partial charge is 0.423 e. The number of fused-ring (bicyclic) bond motifs is 1. The summed E-state index contributed by atoms with van der Waals surface area (Å²) in [6.45, 7) is 3.86. The van der Waals surface area contributed by atoms with Crippen LogP contribution in [0.25, 0.3) is 22.1 Å². The van der Waals surface area contributed by atoms with Gasteiger partial charge in [-0.15, -0.1) is 0 Å². The number of anilines is 2. The first-order valence-corrected chi connectivity index (χ1v) is 8.76. The van der Waals surface area contributed by atoms with Crippen LogP contribution in [0.4, 0.5) is 24.5 Å². The second kappa shape index (κ2) is 6.80. The minimum Gasteiger partial charge on any atom is -0.423 e. The first kappa shape index (κ1) is 18.8. The maximum absolute atomic E-state index is 13.2. The van der Waals surface area contributed by atoms with Crippen molar-refractivity contribution in [1.29, 1.82) is 0 Å². The Morgan fingerprint density at radius 2 is 1.69 bits per heavy atom. The third-order valence-corrected chi connectivity index (χ3v) is 4.64. The fourth-order valence-electron chi connectivity index (χ4n) is 3.34. The molecule has 0 saturated heterocycles. The van der Waals surface area contributed by atoms with E-state index >= 15 is 0 Å². The van der Waals surface area contributed by atoms with E-state index in [2.05, 4.69) is 15.5 Å². The number of nitrogens with zero attached hydrogens (tertiary/aromatic N) is 1. The van der Waals surface area contributed by atoms with Gasteiger partial charge in [0.25, 0.3) is 0 Å². The van der Waals surface area contributed by atoms with Gasteiger partial charge in [0.1, 0.15) is 5.58 Å². The Morgan fingerprint density at radius 3 is 2.31 bits per heavy atom. The molecule has 0 unspecified atom stereocenters. The van der Waals surface area contributed by atoms with E-state index in [1.807, 2.05) is 38.1 Å². The molecule has 0 aliphatic carbocycles. The van der Waals surface area contributed by atoms with Gasteiger partial charge < -0.3 is 9.73 Å². The Morgan fingerprint density at radius 1 is 1.00 bits per heavy atom. The minimum absolute atomic E-state index is 0.129. The van der Waals surface area contributed by atoms with Crippen molar-refractivity contribution in [1.82, 2.24) is 10.2 Å². The van der Waals surface area contributed by atoms with E-state index in [1.165, 1.54) is 18.2 Å². The van der Waals surface area contributed by atoms with Crippen LogP contribution >= 0.6 is 0 Å². The smallest absolute Gasteiger partial charge is 0.417 e. The van der Waals surface area contributed by atoms with Gasteiger partial charge in [-0.3, -0.25) is 5.10 Å². The van der Waals surface area contributed by atoms with Crippen LogP contribution < -0.4 is 10.9 Å². The molecule has 0 amide bonds. The summed E-state index contributed by atoms with van der Waals surface area (Å²) < 4.78 is 44.4. The SMILES string of the molecule is Cc1n[nH]c(C)c1-c1ccc(Nc2ccc3c(C(F)(F)F)cc(=O)oc3c2)cc1. The van der Waals surface area contributed by atoms with Gasteiger partial charge in [0.05, 0.1) is 11.3 Å². The summed E-state index contributed by atoms with van der Waals surface area (Å²) in [7, 11) is 0. The maximum atomic E-state index is 13.2. The van der Waals surface area contributed by atoms with Crippen molar-refractivity contribution >= 4 is 22.3 Å². The molecule has 29 heavy (non-hydrogen) atoms. The van der Waals surface area contributed by atoms with Crippen LogP contribution in [0.15, 0.2) is 57.7 Å². The van der Waals surface area contributed by atoms with E-state index < -0.39 is 17.4 Å². The van der Waals surface area contributed by atoms with Crippen molar-refractivity contribution in [2.75, 3.05) is 5.32 Å². The molecule has 0 bridgehead atoms. The summed E-state index contributed by atoms with van der Waals surface area (Å²) in [6.07, 6.45) is -4.64. The van der Waals surface area contributed by atoms with Gasteiger partial charge in [-0.2, -0.15) is 18.3 Å². The molecule has 2 heterocycles. The number of aryl methyl sites for hydroxylation is 2. The number of halogens is 3. The highest BCUT2D eigenvalue weighted by molar-refractivity contribution is 5.85. The van der Waals surface area contributed by atoms with Gasteiger partial charge in [0, 0.05) is 40.2 Å². The van der Waals surface area contributed by atoms with E-state index in [1.54, 1.807) is 0 Å². The summed E-state index contributed by atoms with van der Waals surface area (Å²) in [4.78, 5) is 11.5. The number of aromatic amines is 1. The molecule has 0 spiro atoms. The third-order valence-electron chi connectivity index (χ3n) is 4.64. The topological polar surface area (TPSA) is 70.9 Å². The molecule has 2 aromatic carbocycles. The van der Waals surface area contributed by atoms with Crippen molar-refractivity contribution in [3.63, 3.8) is 0 Å². The Labute approximate surface area is 163 Å². The molecule has 0 aliphatic rings. The Bertz CT molecular complexity index is 1240. The Balaban J connectivity index is 1.65. The summed E-state index contributed by atoms with van der Waals surface area (Å²) in [5, 5.41) is 10.1. The third kappa shape index (κ3) is 3.61. The lowest BCUT2D eigenvalue weighted by Gasteiger charge is -2.11. The molecule has 2 aromatic heterocycles. The van der Waals surface area contributed by atoms with Gasteiger partial charge in [0.15, 0.2) is 0 Å². The van der Waals surface area contributed by atoms with Crippen molar-refractivity contribution in [2.24, 2.45) is 0 Å². The second-order valence-electron chi connectivity index (χ2n) is 6.70. The number of nitrogens with one attached hydrogen (secondary N) is 2. The normalized spacial score (nSPS) is 11.8. The highest BCUT2D eigenvalue weighted by atomic mass is 19.4. The van der Waals surface area contributed by atoms with E-state index in [0.29, 0.717) is 11.8 Å². The molecule has 8 heteroatoms. The number of hydrogen-bond acceptors (Lipinski definition) is 4. The van der Waals surface area contributed by atoms with Crippen molar-refractivity contribution in [3.05, 3.63) is 75.9 Å². The van der Waals surface area contributed by atoms with E-state index in [-0.39, 0.29) is 11.0 Å². The molecular formula is C21H16F3N3O2. The van der Waals surface area contributed by atoms with Crippen LogP contribution in [0, 0.1) is 13.8 Å². The summed E-state index contributed by atoms with van der Waals surface area (Å²) in [5.41, 5.74) is 2.95. The van der Waals surface area contributed by atoms with Gasteiger partial charge in [-0.05, 0) is 43.7 Å². The van der Waals surface area contributed by atoms with Gasteiger partial charge in [-0.1, -0.05) is 12.1 Å². The van der Waals surface area contributed by atoms with Crippen LogP contribution in [0.3, 0.4) is 0 Å². The minimum atomic E-state index is -4.64. The zero-order valence-electron chi connectivity index (χ0n) is 15.5. The van der Waals surface area contributed by atoms with E-state index in [9.17, 15) is 18.0 Å². The van der Waals surface area contributed by atoms with Crippen molar-refractivity contribution < 1.29 is 17.6 Å². The molecule has 0 atom stereocenters. The lowest BCUT2D eigenvalue weighted by Crippen LogP contribution is -2.11. The molecule has 0 radical (unpaired) electrons. The number of benzene rings is 2. The molecule has 4 aromatic rings. The monoisotopic (exact) mass is 399 g/mol. The summed E-state index contributed by atoms with van der Waals surface area (Å²) >= 11 is 0. The first-order valence-electron chi connectivity index (χ1n) is 8.76. The predicted octanol–water partition coefficient (Wildman–Crippen LogP) is 5.56. The molecule has 0 aliphatic heterocycles. The molecule has 4 rings (SSSR count). The number of hydrogen-bond donors (Lipinski definition) is 2. The van der Waals surface area contributed by atoms with Crippen LogP contribution in [0.1, 0.15) is 17.0 Å². The molecule has 2 N–H and O–H groups in total. The molecule has 0 fully saturated rings. The fourth-order valence-corrected chi connectivity index (χ4v) is 3.34. The summed E-state index contributed by atoms with van der Waals surface area (Å²) in [6, 6.07) is 12.2. The van der Waals surface area contributed by atoms with Gasteiger partial charge in [-0.25, -0.2) is 4.79 Å². The van der Waals surface area contributed by atoms with Crippen LogP contribution in [0.2, 0.25) is 0 Å². The zero-order chi connectivity index (χ0) is 20.8. The predicted molar refractivity (Wildman–Crippen MR) is 104 cm³/mol. The highest BCUT2D eigenvalue weighted by Gasteiger charge is 2.33. The Kier molecular flexibility index (Phi) is 4.41. The lowest BCUT2D eigenvalue weighted by atomic mass is 10.0. The van der Waals surface area contributed by atoms with Crippen molar-refractivity contribution in [2.45, 2.75) is 20.0 Å². The van der Waals surface area contributed by atoms with Crippen LogP contribution in [-0.2, 0) is 6.18 Å². The van der Waals surface area contributed by atoms with Crippen molar-refractivity contribution in [3.8, 4) is 11.1 Å². The quantitative estimate of drug-likeness (QED) is 0.442. The fraction of sp³-hybridized carbons (Fsp3) is 0.143. The standard InChI is InChI=1S/C21H16F3N3O2/c1-11-20(12(2)27-26-11)13-3-5-14(6-4-13)25-15-7-8-16-17(21(22,23)24)10-19(28)29-18(16)9-15/h3-10,25H,1-2H3,(H,26,27). The second-order valence-corrected chi connectivity index (χ2v) is 6.70. The molecule has 0 saturated carbocycles. The number of aromatic nitrogens is 2. The van der Waals surface area contributed by atoms with Gasteiger partial charge >= 0.3 is 11.8 Å². The van der Waals surface area contributed by atoms with Crippen LogP contribution in [0.5, 0.6) is 0 Å². The number of alkyl halides is 3. The Hall–Kier alpha value is -3.55. The zero-order valence-corrected chi connectivity index (χ0v) is 15.5.